The Hall–Kier alpha value is -1.91. The molecule has 2 aromatic rings. The minimum absolute atomic E-state index is 0.336. The van der Waals surface area contributed by atoms with Crippen LogP contribution in [-0.4, -0.2) is 9.97 Å². The minimum atomic E-state index is -4.31. The first-order valence-corrected chi connectivity index (χ1v) is 4.89. The van der Waals surface area contributed by atoms with Crippen molar-refractivity contribution in [2.45, 2.75) is 12.6 Å². The molecule has 2 nitrogen and oxygen atoms in total. The summed E-state index contributed by atoms with van der Waals surface area (Å²) in [6.07, 6.45) is -0.0617. The minimum Gasteiger partial charge on any atom is -0.241 e. The van der Waals surface area contributed by atoms with Crippen molar-refractivity contribution in [3.8, 4) is 0 Å². The van der Waals surface area contributed by atoms with Crippen LogP contribution in [0.4, 0.5) is 13.2 Å². The van der Waals surface area contributed by atoms with Gasteiger partial charge in [-0.15, -0.1) is 0 Å². The number of hydrogen-bond acceptors (Lipinski definition) is 2. The Bertz CT molecular complexity index is 495. The molecule has 0 amide bonds. The smallest absolute Gasteiger partial charge is 0.241 e. The monoisotopic (exact) mass is 237 g/mol. The Morgan fingerprint density at radius 2 is 2.06 bits per heavy atom. The molecule has 1 heterocycles. The number of rotatable bonds is 2. The second-order valence-corrected chi connectivity index (χ2v) is 3.51. The SMILES string of the molecule is FC(F)(F)c1cccc(Cc2c[c]ncn2)c1. The standard InChI is InChI=1S/C12H8F3N2/c13-12(14,15)10-3-1-2-9(6-10)7-11-4-5-16-8-17-11/h1-4,6,8H,7H2. The lowest BCUT2D eigenvalue weighted by molar-refractivity contribution is -0.137. The van der Waals surface area contributed by atoms with Crippen molar-refractivity contribution in [3.63, 3.8) is 0 Å². The fourth-order valence-electron chi connectivity index (χ4n) is 1.45. The molecular formula is C12H8F3N2. The molecule has 0 spiro atoms. The zero-order valence-electron chi connectivity index (χ0n) is 8.70. The van der Waals surface area contributed by atoms with Gasteiger partial charge in [-0.2, -0.15) is 13.2 Å². The third-order valence-electron chi connectivity index (χ3n) is 2.23. The number of benzene rings is 1. The summed E-state index contributed by atoms with van der Waals surface area (Å²) in [6, 6.07) is 6.76. The van der Waals surface area contributed by atoms with Gasteiger partial charge in [0.25, 0.3) is 0 Å². The third-order valence-corrected chi connectivity index (χ3v) is 2.23. The van der Waals surface area contributed by atoms with Crippen LogP contribution in [0.5, 0.6) is 0 Å². The Morgan fingerprint density at radius 3 is 2.71 bits per heavy atom. The van der Waals surface area contributed by atoms with E-state index in [2.05, 4.69) is 16.2 Å². The van der Waals surface area contributed by atoms with Crippen LogP contribution in [0.2, 0.25) is 0 Å². The molecule has 0 saturated heterocycles. The van der Waals surface area contributed by atoms with Crippen molar-refractivity contribution in [2.24, 2.45) is 0 Å². The molecule has 1 radical (unpaired) electrons. The highest BCUT2D eigenvalue weighted by atomic mass is 19.4. The summed E-state index contributed by atoms with van der Waals surface area (Å²) in [5, 5.41) is 0. The summed E-state index contributed by atoms with van der Waals surface area (Å²) in [4.78, 5) is 7.57. The molecule has 2 rings (SSSR count). The summed E-state index contributed by atoms with van der Waals surface area (Å²) >= 11 is 0. The molecule has 0 atom stereocenters. The van der Waals surface area contributed by atoms with Crippen LogP contribution in [0.25, 0.3) is 0 Å². The lowest BCUT2D eigenvalue weighted by Crippen LogP contribution is -2.05. The fraction of sp³-hybridized carbons (Fsp3) is 0.167. The normalized spacial score (nSPS) is 11.5. The molecule has 87 valence electrons. The maximum atomic E-state index is 12.5. The van der Waals surface area contributed by atoms with E-state index in [4.69, 9.17) is 0 Å². The molecule has 0 saturated carbocycles. The highest BCUT2D eigenvalue weighted by Crippen LogP contribution is 2.29. The van der Waals surface area contributed by atoms with Gasteiger partial charge in [0.05, 0.1) is 11.8 Å². The first-order valence-electron chi connectivity index (χ1n) is 4.89. The third kappa shape index (κ3) is 3.03. The van der Waals surface area contributed by atoms with Crippen LogP contribution >= 0.6 is 0 Å². The molecular weight excluding hydrogens is 229 g/mol. The topological polar surface area (TPSA) is 25.8 Å². The van der Waals surface area contributed by atoms with Gasteiger partial charge in [0.15, 0.2) is 0 Å². The average Bonchev–Trinajstić information content (AvgIpc) is 2.29. The van der Waals surface area contributed by atoms with Gasteiger partial charge < -0.3 is 0 Å². The van der Waals surface area contributed by atoms with Crippen LogP contribution in [0.1, 0.15) is 16.8 Å². The van der Waals surface area contributed by atoms with Gasteiger partial charge in [0.1, 0.15) is 6.33 Å². The first kappa shape index (κ1) is 11.6. The molecule has 0 aliphatic heterocycles. The van der Waals surface area contributed by atoms with Gasteiger partial charge in [-0.3, -0.25) is 0 Å². The number of aromatic nitrogens is 2. The second-order valence-electron chi connectivity index (χ2n) is 3.51. The van der Waals surface area contributed by atoms with E-state index in [0.29, 0.717) is 17.7 Å². The van der Waals surface area contributed by atoms with Crippen molar-refractivity contribution < 1.29 is 13.2 Å². The van der Waals surface area contributed by atoms with Crippen molar-refractivity contribution in [2.75, 3.05) is 0 Å². The van der Waals surface area contributed by atoms with Crippen LogP contribution in [0.3, 0.4) is 0 Å². The van der Waals surface area contributed by atoms with Crippen LogP contribution in [0.15, 0.2) is 36.7 Å². The summed E-state index contributed by atoms with van der Waals surface area (Å²) in [6.45, 7) is 0. The van der Waals surface area contributed by atoms with E-state index in [1.54, 1.807) is 12.1 Å². The fourth-order valence-corrected chi connectivity index (χ4v) is 1.45. The molecule has 1 aromatic carbocycles. The van der Waals surface area contributed by atoms with E-state index in [9.17, 15) is 13.2 Å². The van der Waals surface area contributed by atoms with E-state index >= 15 is 0 Å². The molecule has 0 N–H and O–H groups in total. The van der Waals surface area contributed by atoms with E-state index in [-0.39, 0.29) is 0 Å². The average molecular weight is 237 g/mol. The van der Waals surface area contributed by atoms with Crippen molar-refractivity contribution in [3.05, 3.63) is 59.7 Å². The quantitative estimate of drug-likeness (QED) is 0.802. The molecule has 0 bridgehead atoms. The van der Waals surface area contributed by atoms with Crippen LogP contribution < -0.4 is 0 Å². The van der Waals surface area contributed by atoms with Gasteiger partial charge in [0.2, 0.25) is 0 Å². The summed E-state index contributed by atoms with van der Waals surface area (Å²) in [5.41, 5.74) is 0.555. The molecule has 5 heteroatoms. The van der Waals surface area contributed by atoms with Gasteiger partial charge in [-0.1, -0.05) is 18.2 Å². The lowest BCUT2D eigenvalue weighted by Gasteiger charge is -2.08. The maximum absolute atomic E-state index is 12.5. The van der Waals surface area contributed by atoms with Gasteiger partial charge in [0, 0.05) is 12.1 Å². The van der Waals surface area contributed by atoms with E-state index in [1.807, 2.05) is 0 Å². The molecule has 0 aliphatic rings. The van der Waals surface area contributed by atoms with E-state index in [0.717, 1.165) is 12.1 Å². The zero-order chi connectivity index (χ0) is 12.3. The Kier molecular flexibility index (Phi) is 3.08. The van der Waals surface area contributed by atoms with E-state index < -0.39 is 11.7 Å². The molecule has 0 unspecified atom stereocenters. The summed E-state index contributed by atoms with van der Waals surface area (Å²) < 4.78 is 37.4. The Balaban J connectivity index is 2.23. The second kappa shape index (κ2) is 4.53. The van der Waals surface area contributed by atoms with E-state index in [1.165, 1.54) is 12.4 Å². The maximum Gasteiger partial charge on any atom is 0.416 e. The molecule has 17 heavy (non-hydrogen) atoms. The largest absolute Gasteiger partial charge is 0.416 e. The van der Waals surface area contributed by atoms with Gasteiger partial charge in [-0.25, -0.2) is 9.97 Å². The molecule has 0 fully saturated rings. The van der Waals surface area contributed by atoms with Crippen molar-refractivity contribution in [1.29, 1.82) is 0 Å². The number of alkyl halides is 3. The first-order chi connectivity index (χ1) is 8.05. The lowest BCUT2D eigenvalue weighted by atomic mass is 10.1. The molecule has 1 aromatic heterocycles. The van der Waals surface area contributed by atoms with Crippen LogP contribution in [0, 0.1) is 6.20 Å². The zero-order valence-corrected chi connectivity index (χ0v) is 8.70. The van der Waals surface area contributed by atoms with Crippen LogP contribution in [-0.2, 0) is 12.6 Å². The van der Waals surface area contributed by atoms with Gasteiger partial charge >= 0.3 is 6.18 Å². The highest BCUT2D eigenvalue weighted by Gasteiger charge is 2.30. The highest BCUT2D eigenvalue weighted by molar-refractivity contribution is 5.28. The van der Waals surface area contributed by atoms with Crippen molar-refractivity contribution >= 4 is 0 Å². The van der Waals surface area contributed by atoms with Crippen molar-refractivity contribution in [1.82, 2.24) is 9.97 Å². The number of hydrogen-bond donors (Lipinski definition) is 0. The Labute approximate surface area is 96.2 Å². The number of nitrogens with zero attached hydrogens (tertiary/aromatic N) is 2. The summed E-state index contributed by atoms with van der Waals surface area (Å²) in [7, 11) is 0. The molecule has 0 aliphatic carbocycles. The number of halogens is 3. The van der Waals surface area contributed by atoms with Gasteiger partial charge in [-0.05, 0) is 17.7 Å². The predicted molar refractivity (Wildman–Crippen MR) is 55.1 cm³/mol. The Morgan fingerprint density at radius 1 is 1.24 bits per heavy atom. The predicted octanol–water partition coefficient (Wildman–Crippen LogP) is 2.89. The summed E-state index contributed by atoms with van der Waals surface area (Å²) in [5.74, 6) is 0.